The number of rotatable bonds is 6. The van der Waals surface area contributed by atoms with Gasteiger partial charge in [-0.3, -0.25) is 4.79 Å². The van der Waals surface area contributed by atoms with E-state index in [2.05, 4.69) is 4.90 Å². The van der Waals surface area contributed by atoms with Crippen LogP contribution < -0.4 is 9.80 Å². The summed E-state index contributed by atoms with van der Waals surface area (Å²) in [7, 11) is -3.78. The van der Waals surface area contributed by atoms with Gasteiger partial charge in [-0.05, 0) is 54.8 Å². The molecule has 0 saturated carbocycles. The van der Waals surface area contributed by atoms with E-state index in [4.69, 9.17) is 4.74 Å². The Labute approximate surface area is 217 Å². The van der Waals surface area contributed by atoms with Gasteiger partial charge in [0.2, 0.25) is 10.0 Å². The zero-order valence-electron chi connectivity index (χ0n) is 20.5. The number of ether oxygens (including phenoxy) is 1. The van der Waals surface area contributed by atoms with Gasteiger partial charge in [0.1, 0.15) is 0 Å². The monoisotopic (exact) mass is 519 g/mol. The Morgan fingerprint density at radius 1 is 0.811 bits per heavy atom. The minimum absolute atomic E-state index is 0.0337. The summed E-state index contributed by atoms with van der Waals surface area (Å²) in [6.45, 7) is 2.00. The molecule has 0 aromatic heterocycles. The topological polar surface area (TPSA) is 87.2 Å². The van der Waals surface area contributed by atoms with Gasteiger partial charge in [-0.1, -0.05) is 42.5 Å². The maximum absolute atomic E-state index is 13.3. The first kappa shape index (κ1) is 25.0. The second-order valence-electron chi connectivity index (χ2n) is 9.11. The highest BCUT2D eigenvalue weighted by Crippen LogP contribution is 2.27. The molecule has 9 heteroatoms. The first-order valence-electron chi connectivity index (χ1n) is 12.4. The number of fused-ring (bicyclic) bond motifs is 1. The molecule has 1 fully saturated rings. The Bertz CT molecular complexity index is 1390. The normalized spacial score (nSPS) is 16.2. The van der Waals surface area contributed by atoms with Gasteiger partial charge in [-0.2, -0.15) is 4.31 Å². The summed E-state index contributed by atoms with van der Waals surface area (Å²) < 4.78 is 33.3. The molecule has 0 unspecified atom stereocenters. The third-order valence-corrected chi connectivity index (χ3v) is 8.70. The summed E-state index contributed by atoms with van der Waals surface area (Å²) in [6, 6.07) is 23.4. The van der Waals surface area contributed by atoms with Crippen LogP contribution in [-0.2, 0) is 26.0 Å². The number of para-hydroxylation sites is 2. The van der Waals surface area contributed by atoms with E-state index in [0.717, 1.165) is 29.8 Å². The van der Waals surface area contributed by atoms with E-state index in [1.807, 2.05) is 54.6 Å². The number of hydrogen-bond acceptors (Lipinski definition) is 6. The van der Waals surface area contributed by atoms with Crippen molar-refractivity contribution in [3.63, 3.8) is 0 Å². The van der Waals surface area contributed by atoms with E-state index in [1.54, 1.807) is 4.90 Å². The number of hydrogen-bond donors (Lipinski definition) is 0. The van der Waals surface area contributed by atoms with E-state index in [0.29, 0.717) is 32.7 Å². The first-order valence-corrected chi connectivity index (χ1v) is 13.8. The molecule has 1 amide bonds. The van der Waals surface area contributed by atoms with Crippen LogP contribution in [-0.4, -0.2) is 63.9 Å². The zero-order valence-corrected chi connectivity index (χ0v) is 21.3. The molecule has 192 valence electrons. The second-order valence-corrected chi connectivity index (χ2v) is 11.0. The average molecular weight is 520 g/mol. The molecule has 0 aliphatic carbocycles. The molecule has 0 N–H and O–H groups in total. The summed E-state index contributed by atoms with van der Waals surface area (Å²) in [5.74, 6) is -1.04. The van der Waals surface area contributed by atoms with Crippen LogP contribution in [0.15, 0.2) is 83.8 Å². The summed E-state index contributed by atoms with van der Waals surface area (Å²) in [4.78, 5) is 29.4. The van der Waals surface area contributed by atoms with Gasteiger partial charge < -0.3 is 14.5 Å². The van der Waals surface area contributed by atoms with Gasteiger partial charge in [-0.15, -0.1) is 0 Å². The van der Waals surface area contributed by atoms with E-state index in [9.17, 15) is 18.0 Å². The molecule has 3 aromatic carbocycles. The average Bonchev–Trinajstić information content (AvgIpc) is 2.96. The van der Waals surface area contributed by atoms with Crippen LogP contribution in [0.2, 0.25) is 0 Å². The highest BCUT2D eigenvalue weighted by atomic mass is 32.2. The van der Waals surface area contributed by atoms with E-state index >= 15 is 0 Å². The van der Waals surface area contributed by atoms with Crippen molar-refractivity contribution in [1.82, 2.24) is 4.31 Å². The molecule has 5 rings (SSSR count). The van der Waals surface area contributed by atoms with Gasteiger partial charge in [-0.25, -0.2) is 13.2 Å². The lowest BCUT2D eigenvalue weighted by Crippen LogP contribution is -2.48. The third-order valence-electron chi connectivity index (χ3n) is 6.81. The maximum atomic E-state index is 13.3. The number of carbonyl (C=O) groups excluding carboxylic acids is 2. The van der Waals surface area contributed by atoms with E-state index in [1.165, 1.54) is 28.6 Å². The lowest BCUT2D eigenvalue weighted by atomic mass is 10.0. The standard InChI is InChI=1S/C28H29N3O5S/c32-27(31-15-7-10-22-8-4-5-14-26(22)31)21-36-28(33)23-9-6-13-25(20-23)37(34,35)30-18-16-29(17-19-30)24-11-2-1-3-12-24/h1-6,8-9,11-14,20H,7,10,15-19,21H2. The molecule has 8 nitrogen and oxygen atoms in total. The van der Waals surface area contributed by atoms with Gasteiger partial charge >= 0.3 is 5.97 Å². The fourth-order valence-electron chi connectivity index (χ4n) is 4.84. The van der Waals surface area contributed by atoms with Gasteiger partial charge in [0.05, 0.1) is 10.5 Å². The summed E-state index contributed by atoms with van der Waals surface area (Å²) in [5.41, 5.74) is 3.09. The third kappa shape index (κ3) is 5.38. The summed E-state index contributed by atoms with van der Waals surface area (Å²) in [6.07, 6.45) is 1.75. The van der Waals surface area contributed by atoms with Crippen LogP contribution in [0.5, 0.6) is 0 Å². The molecule has 2 aliphatic rings. The van der Waals surface area contributed by atoms with Crippen molar-refractivity contribution < 1.29 is 22.7 Å². The van der Waals surface area contributed by atoms with Crippen molar-refractivity contribution in [2.24, 2.45) is 0 Å². The van der Waals surface area contributed by atoms with Crippen molar-refractivity contribution >= 4 is 33.3 Å². The van der Waals surface area contributed by atoms with Crippen LogP contribution in [0.3, 0.4) is 0 Å². The molecular weight excluding hydrogens is 490 g/mol. The second kappa shape index (κ2) is 10.7. The van der Waals surface area contributed by atoms with Crippen molar-refractivity contribution in [1.29, 1.82) is 0 Å². The fraction of sp³-hybridized carbons (Fsp3) is 0.286. The molecule has 37 heavy (non-hydrogen) atoms. The Balaban J connectivity index is 1.21. The number of anilines is 2. The predicted molar refractivity (Wildman–Crippen MR) is 141 cm³/mol. The number of benzene rings is 3. The number of esters is 1. The van der Waals surface area contributed by atoms with Gasteiger partial charge in [0.15, 0.2) is 6.61 Å². The van der Waals surface area contributed by atoms with Crippen LogP contribution in [0.4, 0.5) is 11.4 Å². The van der Waals surface area contributed by atoms with Crippen molar-refractivity contribution in [2.45, 2.75) is 17.7 Å². The number of nitrogens with zero attached hydrogens (tertiary/aromatic N) is 3. The highest BCUT2D eigenvalue weighted by Gasteiger charge is 2.29. The Morgan fingerprint density at radius 3 is 2.32 bits per heavy atom. The zero-order chi connectivity index (χ0) is 25.8. The minimum atomic E-state index is -3.78. The Kier molecular flexibility index (Phi) is 7.25. The summed E-state index contributed by atoms with van der Waals surface area (Å²) >= 11 is 0. The predicted octanol–water partition coefficient (Wildman–Crippen LogP) is 3.33. The van der Waals surface area contributed by atoms with Crippen LogP contribution in [0.25, 0.3) is 0 Å². The highest BCUT2D eigenvalue weighted by molar-refractivity contribution is 7.89. The molecule has 0 spiro atoms. The van der Waals surface area contributed by atoms with Crippen molar-refractivity contribution in [2.75, 3.05) is 49.1 Å². The maximum Gasteiger partial charge on any atom is 0.338 e. The Morgan fingerprint density at radius 2 is 1.54 bits per heavy atom. The molecule has 0 atom stereocenters. The number of aryl methyl sites for hydroxylation is 1. The summed E-state index contributed by atoms with van der Waals surface area (Å²) in [5, 5.41) is 0. The molecule has 2 heterocycles. The first-order chi connectivity index (χ1) is 17.9. The Hall–Kier alpha value is -3.69. The number of piperazine rings is 1. The lowest BCUT2D eigenvalue weighted by molar-refractivity contribution is -0.121. The van der Waals surface area contributed by atoms with Gasteiger partial charge in [0, 0.05) is 44.1 Å². The smallest absolute Gasteiger partial charge is 0.338 e. The molecule has 3 aromatic rings. The van der Waals surface area contributed by atoms with Crippen molar-refractivity contribution in [3.05, 3.63) is 90.0 Å². The quantitative estimate of drug-likeness (QED) is 0.465. The molecular formula is C28H29N3O5S. The van der Waals surface area contributed by atoms with Crippen LogP contribution >= 0.6 is 0 Å². The fourth-order valence-corrected chi connectivity index (χ4v) is 6.31. The lowest BCUT2D eigenvalue weighted by Gasteiger charge is -2.35. The number of amides is 1. The SMILES string of the molecule is O=C(OCC(=O)N1CCCc2ccccc21)c1cccc(S(=O)(=O)N2CCN(c3ccccc3)CC2)c1. The molecule has 0 radical (unpaired) electrons. The van der Waals surface area contributed by atoms with Gasteiger partial charge in [0.25, 0.3) is 5.91 Å². The largest absolute Gasteiger partial charge is 0.452 e. The molecule has 2 aliphatic heterocycles. The number of sulfonamides is 1. The van der Waals surface area contributed by atoms with Crippen LogP contribution in [0, 0.1) is 0 Å². The van der Waals surface area contributed by atoms with E-state index < -0.39 is 22.6 Å². The molecule has 1 saturated heterocycles. The van der Waals surface area contributed by atoms with E-state index in [-0.39, 0.29) is 16.4 Å². The minimum Gasteiger partial charge on any atom is -0.452 e. The number of carbonyl (C=O) groups is 2. The van der Waals surface area contributed by atoms with Crippen molar-refractivity contribution in [3.8, 4) is 0 Å². The van der Waals surface area contributed by atoms with Crippen LogP contribution in [0.1, 0.15) is 22.3 Å². The molecule has 0 bridgehead atoms.